The Morgan fingerprint density at radius 2 is 1.58 bits per heavy atom. The standard InChI is InChI=1S/C26H22N4OS2/c1-19-10-8-9-15-22(19)30-23(21-13-6-3-7-14-21)17-32-25(30)28-27-24-18-33-26(31)29(24)16-20-11-4-2-5-12-20/h2-15,17H,16,18H2,1H3/b27-24+,28-25+. The summed E-state index contributed by atoms with van der Waals surface area (Å²) in [6.07, 6.45) is 0. The summed E-state index contributed by atoms with van der Waals surface area (Å²) in [4.78, 5) is 15.0. The topological polar surface area (TPSA) is 50.0 Å². The molecular weight excluding hydrogens is 448 g/mol. The largest absolute Gasteiger partial charge is 0.287 e. The van der Waals surface area contributed by atoms with Crippen LogP contribution in [-0.2, 0) is 6.54 Å². The third-order valence-electron chi connectivity index (χ3n) is 5.43. The summed E-state index contributed by atoms with van der Waals surface area (Å²) in [7, 11) is 0. The van der Waals surface area contributed by atoms with Crippen molar-refractivity contribution in [3.8, 4) is 16.9 Å². The molecule has 7 heteroatoms. The number of rotatable bonds is 5. The van der Waals surface area contributed by atoms with Gasteiger partial charge in [-0.25, -0.2) is 0 Å². The molecule has 1 aliphatic rings. The van der Waals surface area contributed by atoms with E-state index in [4.69, 9.17) is 0 Å². The molecule has 1 aromatic heterocycles. The molecule has 0 aliphatic carbocycles. The second kappa shape index (κ2) is 9.60. The van der Waals surface area contributed by atoms with E-state index in [0.29, 0.717) is 18.1 Å². The maximum atomic E-state index is 12.5. The lowest BCUT2D eigenvalue weighted by atomic mass is 10.1. The van der Waals surface area contributed by atoms with Crippen LogP contribution in [0.3, 0.4) is 0 Å². The zero-order chi connectivity index (χ0) is 22.6. The van der Waals surface area contributed by atoms with Gasteiger partial charge in [-0.2, -0.15) is 0 Å². The van der Waals surface area contributed by atoms with Gasteiger partial charge in [-0.05, 0) is 29.7 Å². The molecule has 1 saturated heterocycles. The van der Waals surface area contributed by atoms with Gasteiger partial charge >= 0.3 is 0 Å². The van der Waals surface area contributed by atoms with Gasteiger partial charge in [0.25, 0.3) is 5.24 Å². The first-order valence-electron chi connectivity index (χ1n) is 10.6. The van der Waals surface area contributed by atoms with Gasteiger partial charge in [-0.3, -0.25) is 14.3 Å². The minimum atomic E-state index is 0.00994. The molecule has 2 heterocycles. The van der Waals surface area contributed by atoms with Crippen LogP contribution < -0.4 is 4.80 Å². The summed E-state index contributed by atoms with van der Waals surface area (Å²) in [6.45, 7) is 2.59. The smallest absolute Gasteiger partial charge is 0.284 e. The fraction of sp³-hybridized carbons (Fsp3) is 0.115. The van der Waals surface area contributed by atoms with Crippen molar-refractivity contribution in [2.75, 3.05) is 5.75 Å². The summed E-state index contributed by atoms with van der Waals surface area (Å²) >= 11 is 2.81. The number of para-hydroxylation sites is 1. The highest BCUT2D eigenvalue weighted by atomic mass is 32.2. The van der Waals surface area contributed by atoms with Crippen molar-refractivity contribution in [2.45, 2.75) is 13.5 Å². The number of carbonyl (C=O) groups excluding carboxylic acids is 1. The molecule has 3 aromatic carbocycles. The Morgan fingerprint density at radius 3 is 2.33 bits per heavy atom. The molecule has 4 aromatic rings. The highest BCUT2D eigenvalue weighted by molar-refractivity contribution is 8.14. The van der Waals surface area contributed by atoms with Crippen molar-refractivity contribution in [1.82, 2.24) is 9.47 Å². The number of carbonyl (C=O) groups is 1. The number of thioether (sulfide) groups is 1. The molecular formula is C26H22N4OS2. The average molecular weight is 471 g/mol. The molecule has 0 atom stereocenters. The first kappa shape index (κ1) is 21.4. The van der Waals surface area contributed by atoms with Gasteiger partial charge in [-0.1, -0.05) is 90.6 Å². The molecule has 164 valence electrons. The molecule has 5 nitrogen and oxygen atoms in total. The van der Waals surface area contributed by atoms with Gasteiger partial charge < -0.3 is 0 Å². The van der Waals surface area contributed by atoms with Crippen LogP contribution in [-0.4, -0.2) is 26.3 Å². The number of thiazole rings is 1. The van der Waals surface area contributed by atoms with E-state index in [0.717, 1.165) is 32.9 Å². The molecule has 33 heavy (non-hydrogen) atoms. The van der Waals surface area contributed by atoms with Gasteiger partial charge in [0.15, 0.2) is 0 Å². The number of amidine groups is 1. The Kier molecular flexibility index (Phi) is 6.24. The lowest BCUT2D eigenvalue weighted by Gasteiger charge is -2.15. The van der Waals surface area contributed by atoms with Crippen molar-refractivity contribution in [1.29, 1.82) is 0 Å². The first-order chi connectivity index (χ1) is 16.2. The van der Waals surface area contributed by atoms with Crippen LogP contribution in [0.2, 0.25) is 0 Å². The fourth-order valence-electron chi connectivity index (χ4n) is 3.73. The van der Waals surface area contributed by atoms with E-state index in [9.17, 15) is 4.79 Å². The number of amides is 1. The van der Waals surface area contributed by atoms with Crippen LogP contribution in [0.4, 0.5) is 4.79 Å². The third kappa shape index (κ3) is 4.55. The van der Waals surface area contributed by atoms with E-state index in [1.54, 1.807) is 16.2 Å². The van der Waals surface area contributed by atoms with E-state index >= 15 is 0 Å². The van der Waals surface area contributed by atoms with E-state index in [1.807, 2.05) is 60.7 Å². The average Bonchev–Trinajstić information content (AvgIpc) is 3.43. The van der Waals surface area contributed by atoms with Crippen molar-refractivity contribution in [3.05, 3.63) is 106 Å². The number of hydrogen-bond acceptors (Lipinski definition) is 5. The van der Waals surface area contributed by atoms with Crippen LogP contribution in [0.1, 0.15) is 11.1 Å². The Morgan fingerprint density at radius 1 is 0.879 bits per heavy atom. The molecule has 1 fully saturated rings. The molecule has 0 N–H and O–H groups in total. The quantitative estimate of drug-likeness (QED) is 0.331. The summed E-state index contributed by atoms with van der Waals surface area (Å²) in [5.41, 5.74) is 5.46. The number of benzene rings is 3. The van der Waals surface area contributed by atoms with Gasteiger partial charge in [0.05, 0.1) is 23.7 Å². The molecule has 0 unspecified atom stereocenters. The second-order valence-corrected chi connectivity index (χ2v) is 9.40. The van der Waals surface area contributed by atoms with Crippen LogP contribution in [0.5, 0.6) is 0 Å². The molecule has 0 bridgehead atoms. The predicted octanol–water partition coefficient (Wildman–Crippen LogP) is 6.10. The Hall–Kier alpha value is -3.42. The minimum absolute atomic E-state index is 0.00994. The van der Waals surface area contributed by atoms with E-state index in [1.165, 1.54) is 11.8 Å². The normalized spacial score (nSPS) is 15.5. The molecule has 1 aliphatic heterocycles. The SMILES string of the molecule is Cc1ccccc1-n1c(-c2ccccc2)cs/c1=N/N=C1\CSC(=O)N1Cc1ccccc1. The van der Waals surface area contributed by atoms with Gasteiger partial charge in [0.1, 0.15) is 5.84 Å². The van der Waals surface area contributed by atoms with Crippen LogP contribution in [0.15, 0.2) is 101 Å². The lowest BCUT2D eigenvalue weighted by Crippen LogP contribution is -2.28. The van der Waals surface area contributed by atoms with Crippen molar-refractivity contribution in [3.63, 3.8) is 0 Å². The van der Waals surface area contributed by atoms with Crippen LogP contribution in [0.25, 0.3) is 16.9 Å². The van der Waals surface area contributed by atoms with Gasteiger partial charge in [-0.15, -0.1) is 21.5 Å². The minimum Gasteiger partial charge on any atom is -0.284 e. The first-order valence-corrected chi connectivity index (χ1v) is 12.5. The molecule has 5 rings (SSSR count). The molecule has 0 radical (unpaired) electrons. The van der Waals surface area contributed by atoms with Crippen LogP contribution in [0, 0.1) is 6.92 Å². The summed E-state index contributed by atoms with van der Waals surface area (Å²) in [5.74, 6) is 1.20. The fourth-order valence-corrected chi connectivity index (χ4v) is 5.37. The lowest BCUT2D eigenvalue weighted by molar-refractivity contribution is 0.244. The van der Waals surface area contributed by atoms with E-state index < -0.39 is 0 Å². The predicted molar refractivity (Wildman–Crippen MR) is 137 cm³/mol. The molecule has 0 saturated carbocycles. The summed E-state index contributed by atoms with van der Waals surface area (Å²) < 4.78 is 2.14. The van der Waals surface area contributed by atoms with E-state index in [2.05, 4.69) is 51.3 Å². The maximum Gasteiger partial charge on any atom is 0.287 e. The zero-order valence-electron chi connectivity index (χ0n) is 18.1. The Balaban J connectivity index is 1.58. The van der Waals surface area contributed by atoms with Crippen molar-refractivity contribution in [2.24, 2.45) is 10.2 Å². The highest BCUT2D eigenvalue weighted by Gasteiger charge is 2.28. The van der Waals surface area contributed by atoms with Gasteiger partial charge in [0, 0.05) is 5.38 Å². The highest BCUT2D eigenvalue weighted by Crippen LogP contribution is 2.25. The maximum absolute atomic E-state index is 12.5. The zero-order valence-corrected chi connectivity index (χ0v) is 19.7. The number of aromatic nitrogens is 1. The molecule has 1 amide bonds. The third-order valence-corrected chi connectivity index (χ3v) is 7.11. The summed E-state index contributed by atoms with van der Waals surface area (Å²) in [6, 6.07) is 28.5. The van der Waals surface area contributed by atoms with E-state index in [-0.39, 0.29) is 5.24 Å². The van der Waals surface area contributed by atoms with Crippen molar-refractivity contribution < 1.29 is 4.79 Å². The monoisotopic (exact) mass is 470 g/mol. The Bertz CT molecular complexity index is 1370. The van der Waals surface area contributed by atoms with Crippen LogP contribution >= 0.6 is 23.1 Å². The number of hydrogen-bond donors (Lipinski definition) is 0. The van der Waals surface area contributed by atoms with Crippen molar-refractivity contribution >= 4 is 34.2 Å². The number of nitrogens with zero attached hydrogens (tertiary/aromatic N) is 4. The van der Waals surface area contributed by atoms with Gasteiger partial charge in [0.2, 0.25) is 4.80 Å². The summed E-state index contributed by atoms with van der Waals surface area (Å²) in [5, 5.41) is 11.3. The molecule has 0 spiro atoms. The second-order valence-electron chi connectivity index (χ2n) is 7.63. The Labute approximate surface area is 200 Å². The number of aryl methyl sites for hydroxylation is 1.